The summed E-state index contributed by atoms with van der Waals surface area (Å²) >= 11 is 0. The van der Waals surface area contributed by atoms with Gasteiger partial charge in [0.15, 0.2) is 0 Å². The maximum atomic E-state index is 3.67. The molecule has 0 radical (unpaired) electrons. The summed E-state index contributed by atoms with van der Waals surface area (Å²) in [4.78, 5) is 7.35. The van der Waals surface area contributed by atoms with Gasteiger partial charge in [-0.2, -0.15) is 0 Å². The summed E-state index contributed by atoms with van der Waals surface area (Å²) < 4.78 is 0. The maximum Gasteiger partial charge on any atom is 0.115 e. The van der Waals surface area contributed by atoms with E-state index in [1.165, 1.54) is 18.8 Å². The molecule has 0 bridgehead atoms. The molecule has 3 heteroatoms. The molecule has 0 N–H and O–H groups in total. The van der Waals surface area contributed by atoms with Gasteiger partial charge in [-0.15, -0.1) is 5.70 Å². The summed E-state index contributed by atoms with van der Waals surface area (Å²) in [7, 11) is 0.363. The van der Waals surface area contributed by atoms with Gasteiger partial charge < -0.3 is 0 Å². The Morgan fingerprint density at radius 1 is 1.18 bits per heavy atom. The van der Waals surface area contributed by atoms with Crippen molar-refractivity contribution < 1.29 is 0 Å². The Morgan fingerprint density at radius 3 is 2.18 bits per heavy atom. The van der Waals surface area contributed by atoms with Gasteiger partial charge >= 0.3 is 0 Å². The Morgan fingerprint density at radius 2 is 2.00 bits per heavy atom. The maximum absolute atomic E-state index is 3.67. The SMILES string of the molecule is C1=C[SiH2]CC1.c1cncnc1. The van der Waals surface area contributed by atoms with Crippen molar-refractivity contribution in [1.29, 1.82) is 0 Å². The summed E-state index contributed by atoms with van der Waals surface area (Å²) in [5.41, 5.74) is 2.38. The van der Waals surface area contributed by atoms with Gasteiger partial charge in [-0.25, -0.2) is 9.97 Å². The highest BCUT2D eigenvalue weighted by atomic mass is 28.2. The van der Waals surface area contributed by atoms with Crippen molar-refractivity contribution >= 4 is 9.52 Å². The average molecular weight is 164 g/mol. The van der Waals surface area contributed by atoms with Crippen molar-refractivity contribution in [2.24, 2.45) is 0 Å². The van der Waals surface area contributed by atoms with Crippen LogP contribution < -0.4 is 0 Å². The zero-order valence-electron chi connectivity index (χ0n) is 6.48. The summed E-state index contributed by atoms with van der Waals surface area (Å²) in [6, 6.07) is 3.31. The molecule has 0 atom stereocenters. The molecule has 0 unspecified atom stereocenters. The largest absolute Gasteiger partial charge is 0.245 e. The van der Waals surface area contributed by atoms with E-state index in [1.54, 1.807) is 18.5 Å². The monoisotopic (exact) mass is 164 g/mol. The van der Waals surface area contributed by atoms with Crippen LogP contribution in [0.25, 0.3) is 0 Å². The normalized spacial score (nSPS) is 16.0. The summed E-state index contributed by atoms with van der Waals surface area (Å²) in [6.07, 6.45) is 8.55. The van der Waals surface area contributed by atoms with Gasteiger partial charge in [0.2, 0.25) is 0 Å². The first-order valence-corrected chi connectivity index (χ1v) is 5.67. The van der Waals surface area contributed by atoms with E-state index in [0.29, 0.717) is 9.52 Å². The molecule has 0 aliphatic carbocycles. The first kappa shape index (κ1) is 8.14. The molecule has 0 saturated carbocycles. The minimum Gasteiger partial charge on any atom is -0.245 e. The van der Waals surface area contributed by atoms with Gasteiger partial charge in [0.25, 0.3) is 0 Å². The fourth-order valence-corrected chi connectivity index (χ4v) is 2.02. The van der Waals surface area contributed by atoms with Crippen LogP contribution in [-0.2, 0) is 0 Å². The third kappa shape index (κ3) is 4.44. The third-order valence-electron chi connectivity index (χ3n) is 1.39. The van der Waals surface area contributed by atoms with Crippen LogP contribution in [0.2, 0.25) is 6.04 Å². The number of rotatable bonds is 0. The van der Waals surface area contributed by atoms with E-state index in [0.717, 1.165) is 0 Å². The van der Waals surface area contributed by atoms with Crippen molar-refractivity contribution in [1.82, 2.24) is 9.97 Å². The summed E-state index contributed by atoms with van der Waals surface area (Å²) in [5.74, 6) is 0. The standard InChI is InChI=1S/C4H4N2.C4H8Si/c1-2-5-4-6-3-1;1-2-4-5-3-1/h1-4H;1,3H,2,4-5H2. The Hall–Kier alpha value is -0.963. The molecule has 2 nitrogen and oxygen atoms in total. The van der Waals surface area contributed by atoms with Crippen LogP contribution in [0.5, 0.6) is 0 Å². The molecular weight excluding hydrogens is 152 g/mol. The second kappa shape index (κ2) is 5.79. The van der Waals surface area contributed by atoms with Crippen LogP contribution in [0.1, 0.15) is 6.42 Å². The number of allylic oxidation sites excluding steroid dienone is 1. The number of nitrogens with zero attached hydrogens (tertiary/aromatic N) is 2. The van der Waals surface area contributed by atoms with Gasteiger partial charge in [0, 0.05) is 21.9 Å². The lowest BCUT2D eigenvalue weighted by molar-refractivity contribution is 1.17. The smallest absolute Gasteiger partial charge is 0.115 e. The molecule has 0 spiro atoms. The highest BCUT2D eigenvalue weighted by molar-refractivity contribution is 6.43. The Kier molecular flexibility index (Phi) is 4.29. The first-order valence-electron chi connectivity index (χ1n) is 3.85. The van der Waals surface area contributed by atoms with Gasteiger partial charge in [0.05, 0.1) is 0 Å². The van der Waals surface area contributed by atoms with Crippen LogP contribution in [0.15, 0.2) is 36.6 Å². The van der Waals surface area contributed by atoms with Crippen molar-refractivity contribution in [3.05, 3.63) is 36.6 Å². The molecule has 0 amide bonds. The molecule has 0 saturated heterocycles. The van der Waals surface area contributed by atoms with E-state index in [9.17, 15) is 0 Å². The predicted octanol–water partition coefficient (Wildman–Crippen LogP) is 0.967. The molecule has 0 aromatic carbocycles. The lowest BCUT2D eigenvalue weighted by atomic mass is 10.5. The number of aromatic nitrogens is 2. The minimum absolute atomic E-state index is 0.363. The molecule has 1 aromatic heterocycles. The van der Waals surface area contributed by atoms with Crippen LogP contribution in [-0.4, -0.2) is 19.5 Å². The summed E-state index contributed by atoms with van der Waals surface area (Å²) in [6.45, 7) is 0. The highest BCUT2D eigenvalue weighted by Crippen LogP contribution is 1.97. The van der Waals surface area contributed by atoms with E-state index in [2.05, 4.69) is 21.7 Å². The topological polar surface area (TPSA) is 25.8 Å². The van der Waals surface area contributed by atoms with E-state index in [1.807, 2.05) is 0 Å². The molecule has 0 fully saturated rings. The van der Waals surface area contributed by atoms with Gasteiger partial charge in [-0.1, -0.05) is 12.1 Å². The van der Waals surface area contributed by atoms with Crippen LogP contribution >= 0.6 is 0 Å². The fraction of sp³-hybridized carbons (Fsp3) is 0.250. The molecule has 2 rings (SSSR count). The lowest BCUT2D eigenvalue weighted by Crippen LogP contribution is -1.67. The first-order chi connectivity index (χ1) is 5.50. The van der Waals surface area contributed by atoms with Gasteiger partial charge in [-0.05, 0) is 12.5 Å². The van der Waals surface area contributed by atoms with Crippen molar-refractivity contribution in [2.45, 2.75) is 12.5 Å². The highest BCUT2D eigenvalue weighted by Gasteiger charge is 1.86. The fourth-order valence-electron chi connectivity index (χ4n) is 0.843. The zero-order chi connectivity index (χ0) is 7.78. The van der Waals surface area contributed by atoms with E-state index >= 15 is 0 Å². The van der Waals surface area contributed by atoms with Crippen LogP contribution in [0.3, 0.4) is 0 Å². The van der Waals surface area contributed by atoms with Crippen LogP contribution in [0.4, 0.5) is 0 Å². The van der Waals surface area contributed by atoms with Crippen molar-refractivity contribution in [3.63, 3.8) is 0 Å². The Labute approximate surface area is 69.2 Å². The zero-order valence-corrected chi connectivity index (χ0v) is 7.89. The lowest BCUT2D eigenvalue weighted by Gasteiger charge is -1.70. The predicted molar refractivity (Wildman–Crippen MR) is 49.1 cm³/mol. The van der Waals surface area contributed by atoms with E-state index in [4.69, 9.17) is 0 Å². The molecule has 11 heavy (non-hydrogen) atoms. The molecule has 2 heterocycles. The Bertz CT molecular complexity index is 166. The van der Waals surface area contributed by atoms with Crippen molar-refractivity contribution in [3.8, 4) is 0 Å². The third-order valence-corrected chi connectivity index (χ3v) is 2.87. The second-order valence-electron chi connectivity index (χ2n) is 2.31. The molecular formula is C8H12N2Si. The summed E-state index contributed by atoms with van der Waals surface area (Å²) in [5, 5.41) is 0. The molecule has 58 valence electrons. The number of hydrogen-bond acceptors (Lipinski definition) is 2. The van der Waals surface area contributed by atoms with Gasteiger partial charge in [0.1, 0.15) is 6.33 Å². The van der Waals surface area contributed by atoms with Crippen molar-refractivity contribution in [2.75, 3.05) is 0 Å². The van der Waals surface area contributed by atoms with E-state index in [-0.39, 0.29) is 0 Å². The van der Waals surface area contributed by atoms with Crippen LogP contribution in [0, 0.1) is 0 Å². The Balaban J connectivity index is 0.000000112. The molecule has 1 aromatic rings. The average Bonchev–Trinajstić information content (AvgIpc) is 2.64. The van der Waals surface area contributed by atoms with E-state index < -0.39 is 0 Å². The quantitative estimate of drug-likeness (QED) is 0.534. The second-order valence-corrected chi connectivity index (χ2v) is 4.06. The number of hydrogen-bond donors (Lipinski definition) is 0. The minimum atomic E-state index is 0.363. The van der Waals surface area contributed by atoms with Gasteiger partial charge in [-0.3, -0.25) is 0 Å². The molecule has 1 aliphatic rings. The molecule has 1 aliphatic heterocycles.